The molecule has 1 amide bonds. The minimum Gasteiger partial charge on any atom is -0.317 e. The van der Waals surface area contributed by atoms with Crippen LogP contribution in [0.1, 0.15) is 5.69 Å². The molecule has 0 bridgehead atoms. The van der Waals surface area contributed by atoms with E-state index in [1.165, 1.54) is 23.9 Å². The molecule has 0 aliphatic carbocycles. The summed E-state index contributed by atoms with van der Waals surface area (Å²) in [5.74, 6) is -0.284. The number of rotatable bonds is 4. The molecule has 0 unspecified atom stereocenters. The summed E-state index contributed by atoms with van der Waals surface area (Å²) in [6.45, 7) is 0. The van der Waals surface area contributed by atoms with Crippen LogP contribution in [0.4, 0.5) is 11.4 Å². The van der Waals surface area contributed by atoms with Crippen LogP contribution in [0, 0.1) is 10.1 Å². The number of nitrogens with one attached hydrogen (secondary N) is 1. The lowest BCUT2D eigenvalue weighted by atomic mass is 10.2. The molecule has 0 radical (unpaired) electrons. The number of hydrogen-bond acceptors (Lipinski definition) is 5. The number of benzene rings is 2. The average molecular weight is 459 g/mol. The predicted octanol–water partition coefficient (Wildman–Crippen LogP) is 5.58. The lowest BCUT2D eigenvalue weighted by molar-refractivity contribution is -0.384. The zero-order valence-electron chi connectivity index (χ0n) is 15.1. The molecule has 4 rings (SSSR count). The Balaban J connectivity index is 1.61. The first-order chi connectivity index (χ1) is 14.4. The number of aliphatic imine (C=N–C) groups is 1. The molecule has 0 saturated carbocycles. The number of halogens is 2. The van der Waals surface area contributed by atoms with Gasteiger partial charge in [-0.05, 0) is 54.2 Å². The SMILES string of the molecule is O=C1NC(=Nc2cccc(Cl)c2Cl)SC1=Cc1cccn1-c1ccc([N+](=O)[O-])cc1. The summed E-state index contributed by atoms with van der Waals surface area (Å²) in [6, 6.07) is 14.9. The Morgan fingerprint density at radius 2 is 1.87 bits per heavy atom. The third-order valence-corrected chi connectivity index (χ3v) is 5.92. The number of amidine groups is 1. The van der Waals surface area contributed by atoms with E-state index in [1.54, 1.807) is 36.4 Å². The number of thioether (sulfide) groups is 1. The fraction of sp³-hybridized carbons (Fsp3) is 0. The first-order valence-corrected chi connectivity index (χ1v) is 10.2. The molecule has 10 heteroatoms. The Kier molecular flexibility index (Phi) is 5.63. The predicted molar refractivity (Wildman–Crippen MR) is 120 cm³/mol. The zero-order chi connectivity index (χ0) is 21.3. The van der Waals surface area contributed by atoms with Crippen LogP contribution in [-0.2, 0) is 4.79 Å². The number of nitro groups is 1. The fourth-order valence-corrected chi connectivity index (χ4v) is 3.94. The van der Waals surface area contributed by atoms with Crippen LogP contribution in [-0.4, -0.2) is 20.6 Å². The highest BCUT2D eigenvalue weighted by atomic mass is 35.5. The number of nitrogens with zero attached hydrogens (tertiary/aromatic N) is 3. The minimum absolute atomic E-state index is 0.0112. The standard InChI is InChI=1S/C20H12Cl2N4O3S/c21-15-4-1-5-16(18(15)22)23-20-24-19(27)17(30-20)11-14-3-2-10-25(14)12-6-8-13(9-7-12)26(28)29/h1-11H,(H,23,24,27). The normalized spacial score (nSPS) is 16.3. The van der Waals surface area contributed by atoms with Crippen LogP contribution >= 0.6 is 35.0 Å². The van der Waals surface area contributed by atoms with Gasteiger partial charge in [0.2, 0.25) is 0 Å². The van der Waals surface area contributed by atoms with Crippen molar-refractivity contribution < 1.29 is 9.72 Å². The van der Waals surface area contributed by atoms with E-state index >= 15 is 0 Å². The lowest BCUT2D eigenvalue weighted by Gasteiger charge is -2.06. The van der Waals surface area contributed by atoms with Crippen LogP contribution in [0.5, 0.6) is 0 Å². The molecular formula is C20H12Cl2N4O3S. The average Bonchev–Trinajstić information content (AvgIpc) is 3.32. The van der Waals surface area contributed by atoms with Crippen LogP contribution in [0.25, 0.3) is 11.8 Å². The Morgan fingerprint density at radius 3 is 2.60 bits per heavy atom. The summed E-state index contributed by atoms with van der Waals surface area (Å²) >= 11 is 13.3. The number of nitro benzene ring substituents is 1. The van der Waals surface area contributed by atoms with E-state index in [0.29, 0.717) is 25.8 Å². The van der Waals surface area contributed by atoms with Gasteiger partial charge in [-0.25, -0.2) is 4.99 Å². The summed E-state index contributed by atoms with van der Waals surface area (Å²) < 4.78 is 1.83. The van der Waals surface area contributed by atoms with Crippen LogP contribution < -0.4 is 5.32 Å². The van der Waals surface area contributed by atoms with Crippen molar-refractivity contribution in [1.82, 2.24) is 9.88 Å². The van der Waals surface area contributed by atoms with Gasteiger partial charge in [-0.3, -0.25) is 14.9 Å². The number of carbonyl (C=O) groups excluding carboxylic acids is 1. The maximum absolute atomic E-state index is 12.4. The van der Waals surface area contributed by atoms with Gasteiger partial charge in [-0.2, -0.15) is 0 Å². The van der Waals surface area contributed by atoms with Gasteiger partial charge in [0.25, 0.3) is 11.6 Å². The molecule has 1 N–H and O–H groups in total. The minimum atomic E-state index is -0.450. The van der Waals surface area contributed by atoms with Gasteiger partial charge in [0.05, 0.1) is 25.6 Å². The van der Waals surface area contributed by atoms with Crippen LogP contribution in [0.15, 0.2) is 70.7 Å². The van der Waals surface area contributed by atoms with Gasteiger partial charge in [0.1, 0.15) is 0 Å². The van der Waals surface area contributed by atoms with E-state index in [2.05, 4.69) is 10.3 Å². The van der Waals surface area contributed by atoms with Crippen molar-refractivity contribution in [3.63, 3.8) is 0 Å². The summed E-state index contributed by atoms with van der Waals surface area (Å²) in [6.07, 6.45) is 3.54. The molecule has 2 aromatic carbocycles. The van der Waals surface area contributed by atoms with Crippen LogP contribution in [0.2, 0.25) is 10.0 Å². The van der Waals surface area contributed by atoms with Crippen molar-refractivity contribution >= 4 is 63.5 Å². The highest BCUT2D eigenvalue weighted by Gasteiger charge is 2.24. The Morgan fingerprint density at radius 1 is 1.10 bits per heavy atom. The van der Waals surface area contributed by atoms with E-state index in [4.69, 9.17) is 23.2 Å². The first kappa shape index (κ1) is 20.2. The number of amides is 1. The number of non-ortho nitro benzene ring substituents is 1. The molecule has 2 heterocycles. The Hall–Kier alpha value is -3.07. The highest BCUT2D eigenvalue weighted by molar-refractivity contribution is 8.18. The van der Waals surface area contributed by atoms with Gasteiger partial charge in [-0.15, -0.1) is 0 Å². The maximum atomic E-state index is 12.4. The zero-order valence-corrected chi connectivity index (χ0v) is 17.4. The van der Waals surface area contributed by atoms with Crippen molar-refractivity contribution in [3.8, 4) is 5.69 Å². The maximum Gasteiger partial charge on any atom is 0.269 e. The molecule has 1 aromatic heterocycles. The monoisotopic (exact) mass is 458 g/mol. The molecule has 0 spiro atoms. The van der Waals surface area contributed by atoms with E-state index in [0.717, 1.165) is 11.4 Å². The summed E-state index contributed by atoms with van der Waals surface area (Å²) in [5, 5.41) is 14.6. The van der Waals surface area contributed by atoms with Gasteiger partial charge in [0.15, 0.2) is 5.17 Å². The van der Waals surface area contributed by atoms with Gasteiger partial charge >= 0.3 is 0 Å². The van der Waals surface area contributed by atoms with Gasteiger partial charge in [0, 0.05) is 29.7 Å². The molecule has 3 aromatic rings. The van der Waals surface area contributed by atoms with Crippen molar-refractivity contribution in [3.05, 3.63) is 91.6 Å². The Labute approximate surface area is 185 Å². The number of carbonyl (C=O) groups is 1. The molecule has 1 aliphatic heterocycles. The molecule has 150 valence electrons. The number of aromatic nitrogens is 1. The molecule has 7 nitrogen and oxygen atoms in total. The molecular weight excluding hydrogens is 447 g/mol. The van der Waals surface area contributed by atoms with Gasteiger partial charge in [-0.1, -0.05) is 29.3 Å². The number of hydrogen-bond donors (Lipinski definition) is 1. The third kappa shape index (κ3) is 4.11. The quantitative estimate of drug-likeness (QED) is 0.313. The second kappa shape index (κ2) is 8.35. The third-order valence-electron chi connectivity index (χ3n) is 4.20. The largest absolute Gasteiger partial charge is 0.317 e. The second-order valence-electron chi connectivity index (χ2n) is 6.13. The molecule has 1 fully saturated rings. The smallest absolute Gasteiger partial charge is 0.269 e. The Bertz CT molecular complexity index is 1220. The van der Waals surface area contributed by atoms with E-state index in [-0.39, 0.29) is 11.6 Å². The van der Waals surface area contributed by atoms with Crippen molar-refractivity contribution in [2.45, 2.75) is 0 Å². The summed E-state index contributed by atoms with van der Waals surface area (Å²) in [4.78, 5) is 27.6. The second-order valence-corrected chi connectivity index (χ2v) is 7.95. The van der Waals surface area contributed by atoms with Crippen LogP contribution in [0.3, 0.4) is 0 Å². The topological polar surface area (TPSA) is 89.5 Å². The summed E-state index contributed by atoms with van der Waals surface area (Å²) in [7, 11) is 0. The van der Waals surface area contributed by atoms with Crippen molar-refractivity contribution in [1.29, 1.82) is 0 Å². The molecule has 1 saturated heterocycles. The molecule has 30 heavy (non-hydrogen) atoms. The highest BCUT2D eigenvalue weighted by Crippen LogP contribution is 2.34. The molecule has 0 atom stereocenters. The van der Waals surface area contributed by atoms with Gasteiger partial charge < -0.3 is 9.88 Å². The van der Waals surface area contributed by atoms with E-state index in [9.17, 15) is 14.9 Å². The van der Waals surface area contributed by atoms with E-state index in [1.807, 2.05) is 22.9 Å². The fourth-order valence-electron chi connectivity index (χ4n) is 2.78. The van der Waals surface area contributed by atoms with Crippen molar-refractivity contribution in [2.24, 2.45) is 4.99 Å². The lowest BCUT2D eigenvalue weighted by Crippen LogP contribution is -2.19. The molecule has 1 aliphatic rings. The van der Waals surface area contributed by atoms with Crippen molar-refractivity contribution in [2.75, 3.05) is 0 Å². The van der Waals surface area contributed by atoms with E-state index < -0.39 is 4.92 Å². The summed E-state index contributed by atoms with van der Waals surface area (Å²) in [5.41, 5.74) is 1.95. The first-order valence-electron chi connectivity index (χ1n) is 8.58.